The summed E-state index contributed by atoms with van der Waals surface area (Å²) >= 11 is 0. The van der Waals surface area contributed by atoms with E-state index in [1.807, 2.05) is 0 Å². The summed E-state index contributed by atoms with van der Waals surface area (Å²) in [6, 6.07) is 1.13. The lowest BCUT2D eigenvalue weighted by atomic mass is 9.97. The minimum absolute atomic E-state index is 0.0513. The highest BCUT2D eigenvalue weighted by molar-refractivity contribution is 5.71. The highest BCUT2D eigenvalue weighted by Gasteiger charge is 2.33. The SMILES string of the molecule is CCCCOC(=O)CN1CC2CCCCN2CC1C. The molecule has 2 aliphatic heterocycles. The zero-order valence-electron chi connectivity index (χ0n) is 12.4. The first-order valence-corrected chi connectivity index (χ1v) is 7.84. The van der Waals surface area contributed by atoms with E-state index >= 15 is 0 Å². The summed E-state index contributed by atoms with van der Waals surface area (Å²) in [6.45, 7) is 8.76. The fourth-order valence-electron chi connectivity index (χ4n) is 3.17. The Morgan fingerprint density at radius 3 is 2.95 bits per heavy atom. The van der Waals surface area contributed by atoms with Crippen molar-refractivity contribution in [1.82, 2.24) is 9.80 Å². The van der Waals surface area contributed by atoms with E-state index in [2.05, 4.69) is 23.6 Å². The number of unbranched alkanes of at least 4 members (excludes halogenated alkanes) is 1. The number of rotatable bonds is 5. The lowest BCUT2D eigenvalue weighted by Gasteiger charge is -2.47. The Morgan fingerprint density at radius 2 is 2.16 bits per heavy atom. The van der Waals surface area contributed by atoms with Crippen LogP contribution in [0.25, 0.3) is 0 Å². The lowest BCUT2D eigenvalue weighted by molar-refractivity contribution is -0.147. The predicted octanol–water partition coefficient (Wildman–Crippen LogP) is 1.89. The molecule has 0 aromatic carbocycles. The first-order chi connectivity index (χ1) is 9.20. The largest absolute Gasteiger partial charge is 0.465 e. The zero-order chi connectivity index (χ0) is 13.7. The molecule has 0 aromatic heterocycles. The highest BCUT2D eigenvalue weighted by atomic mass is 16.5. The van der Waals surface area contributed by atoms with Gasteiger partial charge in [0.2, 0.25) is 0 Å². The molecule has 2 atom stereocenters. The van der Waals surface area contributed by atoms with Crippen LogP contribution in [-0.4, -0.2) is 60.6 Å². The third-order valence-electron chi connectivity index (χ3n) is 4.41. The lowest BCUT2D eigenvalue weighted by Crippen LogP contribution is -2.59. The maximum atomic E-state index is 11.8. The second-order valence-electron chi connectivity index (χ2n) is 6.00. The molecule has 0 amide bonds. The first kappa shape index (κ1) is 14.8. The predicted molar refractivity (Wildman–Crippen MR) is 76.1 cm³/mol. The molecule has 0 aliphatic carbocycles. The summed E-state index contributed by atoms with van der Waals surface area (Å²) in [5.41, 5.74) is 0. The van der Waals surface area contributed by atoms with Crippen LogP contribution >= 0.6 is 0 Å². The molecule has 0 N–H and O–H groups in total. The number of piperazine rings is 1. The van der Waals surface area contributed by atoms with E-state index in [0.29, 0.717) is 25.2 Å². The summed E-state index contributed by atoms with van der Waals surface area (Å²) in [5, 5.41) is 0. The smallest absolute Gasteiger partial charge is 0.320 e. The quantitative estimate of drug-likeness (QED) is 0.563. The number of esters is 1. The number of nitrogens with zero attached hydrogens (tertiary/aromatic N) is 2. The third-order valence-corrected chi connectivity index (χ3v) is 4.41. The number of ether oxygens (including phenoxy) is 1. The number of fused-ring (bicyclic) bond motifs is 1. The second kappa shape index (κ2) is 7.25. The van der Waals surface area contributed by atoms with Crippen LogP contribution in [-0.2, 0) is 9.53 Å². The Hall–Kier alpha value is -0.610. The molecule has 0 aromatic rings. The van der Waals surface area contributed by atoms with E-state index in [4.69, 9.17) is 4.74 Å². The Bertz CT molecular complexity index is 296. The topological polar surface area (TPSA) is 32.8 Å². The molecule has 0 bridgehead atoms. The average Bonchev–Trinajstić information content (AvgIpc) is 2.40. The van der Waals surface area contributed by atoms with Gasteiger partial charge in [-0.25, -0.2) is 0 Å². The van der Waals surface area contributed by atoms with E-state index in [1.54, 1.807) is 0 Å². The van der Waals surface area contributed by atoms with Crippen molar-refractivity contribution in [1.29, 1.82) is 0 Å². The van der Waals surface area contributed by atoms with Crippen LogP contribution in [0.15, 0.2) is 0 Å². The summed E-state index contributed by atoms with van der Waals surface area (Å²) in [4.78, 5) is 16.7. The molecule has 2 heterocycles. The molecular weight excluding hydrogens is 240 g/mol. The van der Waals surface area contributed by atoms with Gasteiger partial charge in [0, 0.05) is 25.2 Å². The maximum absolute atomic E-state index is 11.8. The van der Waals surface area contributed by atoms with Crippen LogP contribution in [0.1, 0.15) is 46.0 Å². The van der Waals surface area contributed by atoms with Gasteiger partial charge in [0.05, 0.1) is 13.2 Å². The summed E-state index contributed by atoms with van der Waals surface area (Å²) in [7, 11) is 0. The van der Waals surface area contributed by atoms with Crippen molar-refractivity contribution < 1.29 is 9.53 Å². The Kier molecular flexibility index (Phi) is 5.64. The molecule has 2 saturated heterocycles. The molecule has 0 saturated carbocycles. The molecule has 4 nitrogen and oxygen atoms in total. The van der Waals surface area contributed by atoms with Crippen molar-refractivity contribution in [3.63, 3.8) is 0 Å². The fourth-order valence-corrected chi connectivity index (χ4v) is 3.17. The number of hydrogen-bond donors (Lipinski definition) is 0. The Balaban J connectivity index is 1.78. The molecule has 19 heavy (non-hydrogen) atoms. The Labute approximate surface area is 117 Å². The van der Waals surface area contributed by atoms with Crippen molar-refractivity contribution in [3.05, 3.63) is 0 Å². The van der Waals surface area contributed by atoms with E-state index in [1.165, 1.54) is 25.8 Å². The maximum Gasteiger partial charge on any atom is 0.320 e. The molecule has 2 rings (SSSR count). The molecule has 4 heteroatoms. The van der Waals surface area contributed by atoms with Gasteiger partial charge in [0.1, 0.15) is 0 Å². The van der Waals surface area contributed by atoms with Gasteiger partial charge in [-0.15, -0.1) is 0 Å². The number of carbonyl (C=O) groups is 1. The van der Waals surface area contributed by atoms with Crippen LogP contribution in [0.4, 0.5) is 0 Å². The molecule has 0 spiro atoms. The fraction of sp³-hybridized carbons (Fsp3) is 0.933. The van der Waals surface area contributed by atoms with Crippen molar-refractivity contribution >= 4 is 5.97 Å². The first-order valence-electron chi connectivity index (χ1n) is 7.84. The van der Waals surface area contributed by atoms with Crippen molar-refractivity contribution in [3.8, 4) is 0 Å². The molecular formula is C15H28N2O2. The number of piperidine rings is 1. The standard InChI is InChI=1S/C15H28N2O2/c1-3-4-9-19-15(18)12-17-11-14-7-5-6-8-16(14)10-13(17)2/h13-14H,3-12H2,1-2H3. The van der Waals surface area contributed by atoms with E-state index in [9.17, 15) is 4.79 Å². The van der Waals surface area contributed by atoms with Crippen LogP contribution in [0.3, 0.4) is 0 Å². The van der Waals surface area contributed by atoms with E-state index in [-0.39, 0.29) is 5.97 Å². The molecule has 110 valence electrons. The molecule has 2 unspecified atom stereocenters. The van der Waals surface area contributed by atoms with Gasteiger partial charge in [-0.3, -0.25) is 14.6 Å². The van der Waals surface area contributed by atoms with Crippen LogP contribution < -0.4 is 0 Å². The van der Waals surface area contributed by atoms with E-state index < -0.39 is 0 Å². The zero-order valence-corrected chi connectivity index (χ0v) is 12.4. The molecule has 2 aliphatic rings. The summed E-state index contributed by atoms with van der Waals surface area (Å²) in [5.74, 6) is -0.0513. The van der Waals surface area contributed by atoms with Gasteiger partial charge >= 0.3 is 5.97 Å². The number of carbonyl (C=O) groups excluding carboxylic acids is 1. The van der Waals surface area contributed by atoms with Gasteiger partial charge in [-0.1, -0.05) is 19.8 Å². The van der Waals surface area contributed by atoms with Crippen molar-refractivity contribution in [2.45, 2.75) is 58.0 Å². The molecule has 2 fully saturated rings. The van der Waals surface area contributed by atoms with Gasteiger partial charge in [-0.05, 0) is 32.7 Å². The van der Waals surface area contributed by atoms with Crippen molar-refractivity contribution in [2.24, 2.45) is 0 Å². The number of hydrogen-bond acceptors (Lipinski definition) is 4. The minimum atomic E-state index is -0.0513. The van der Waals surface area contributed by atoms with Crippen LogP contribution in [0.5, 0.6) is 0 Å². The summed E-state index contributed by atoms with van der Waals surface area (Å²) < 4.78 is 5.28. The average molecular weight is 268 g/mol. The van der Waals surface area contributed by atoms with Crippen molar-refractivity contribution in [2.75, 3.05) is 32.8 Å². The minimum Gasteiger partial charge on any atom is -0.465 e. The van der Waals surface area contributed by atoms with Crippen LogP contribution in [0, 0.1) is 0 Å². The van der Waals surface area contributed by atoms with Gasteiger partial charge < -0.3 is 4.74 Å². The van der Waals surface area contributed by atoms with Gasteiger partial charge in [-0.2, -0.15) is 0 Å². The van der Waals surface area contributed by atoms with Crippen LogP contribution in [0.2, 0.25) is 0 Å². The third kappa shape index (κ3) is 4.18. The van der Waals surface area contributed by atoms with Gasteiger partial charge in [0.15, 0.2) is 0 Å². The second-order valence-corrected chi connectivity index (χ2v) is 6.00. The highest BCUT2D eigenvalue weighted by Crippen LogP contribution is 2.23. The van der Waals surface area contributed by atoms with Gasteiger partial charge in [0.25, 0.3) is 0 Å². The Morgan fingerprint density at radius 1 is 1.32 bits per heavy atom. The monoisotopic (exact) mass is 268 g/mol. The van der Waals surface area contributed by atoms with E-state index in [0.717, 1.165) is 25.9 Å². The normalized spacial score (nSPS) is 28.9. The molecule has 0 radical (unpaired) electrons. The summed E-state index contributed by atoms with van der Waals surface area (Å²) in [6.07, 6.45) is 6.00.